The first-order chi connectivity index (χ1) is 17.3. The molecular weight excluding hydrogens is 537 g/mol. The third-order valence-corrected chi connectivity index (χ3v) is 10.3. The maximum absolute atomic E-state index is 13.4. The van der Waals surface area contributed by atoms with E-state index in [1.165, 1.54) is 26.9 Å². The van der Waals surface area contributed by atoms with Crippen molar-refractivity contribution >= 4 is 50.5 Å². The highest BCUT2D eigenvalue weighted by molar-refractivity contribution is 7.89. The molecule has 1 fully saturated rings. The molecule has 5 rings (SSSR count). The lowest BCUT2D eigenvalue weighted by atomic mass is 9.93. The second-order valence-electron chi connectivity index (χ2n) is 9.07. The molecule has 0 spiro atoms. The lowest BCUT2D eigenvalue weighted by Crippen LogP contribution is -2.45. The Morgan fingerprint density at radius 3 is 2.31 bits per heavy atom. The van der Waals surface area contributed by atoms with Gasteiger partial charge in [0.2, 0.25) is 15.9 Å². The first kappa shape index (κ1) is 25.7. The Morgan fingerprint density at radius 1 is 0.889 bits per heavy atom. The fourth-order valence-electron chi connectivity index (χ4n) is 4.99. The second kappa shape index (κ2) is 10.8. The van der Waals surface area contributed by atoms with Gasteiger partial charge in [0.1, 0.15) is 0 Å². The Kier molecular flexibility index (Phi) is 7.72. The maximum Gasteiger partial charge on any atom is 0.243 e. The van der Waals surface area contributed by atoms with Gasteiger partial charge in [-0.3, -0.25) is 9.69 Å². The standard InChI is InChI=1S/C26H27Cl2N3O3S2/c27-20-4-2-19(3-5-20)26-23-11-17-35-24(23)10-14-30(26)18-25(32)29-12-1-13-31(16-15-29)36(33,34)22-8-6-21(28)7-9-22/h2-9,11,17,26H,1,10,12-16,18H2. The lowest BCUT2D eigenvalue weighted by molar-refractivity contribution is -0.132. The van der Waals surface area contributed by atoms with E-state index in [1.54, 1.807) is 28.4 Å². The zero-order valence-corrected chi connectivity index (χ0v) is 22.8. The number of benzene rings is 2. The average Bonchev–Trinajstić information content (AvgIpc) is 3.19. The van der Waals surface area contributed by atoms with Crippen molar-refractivity contribution in [2.24, 2.45) is 0 Å². The highest BCUT2D eigenvalue weighted by Gasteiger charge is 2.33. The summed E-state index contributed by atoms with van der Waals surface area (Å²) in [4.78, 5) is 19.1. The minimum atomic E-state index is -3.64. The molecule has 0 N–H and O–H groups in total. The zero-order chi connectivity index (χ0) is 25.3. The van der Waals surface area contributed by atoms with Gasteiger partial charge in [-0.05, 0) is 71.8 Å². The van der Waals surface area contributed by atoms with Crippen LogP contribution >= 0.6 is 34.5 Å². The van der Waals surface area contributed by atoms with Crippen molar-refractivity contribution in [2.45, 2.75) is 23.8 Å². The molecule has 2 aliphatic rings. The molecule has 0 radical (unpaired) electrons. The molecule has 190 valence electrons. The van der Waals surface area contributed by atoms with Gasteiger partial charge in [-0.15, -0.1) is 11.3 Å². The Bertz CT molecular complexity index is 1330. The van der Waals surface area contributed by atoms with Crippen LogP contribution in [0.3, 0.4) is 0 Å². The minimum Gasteiger partial charge on any atom is -0.340 e. The van der Waals surface area contributed by atoms with E-state index in [0.29, 0.717) is 36.1 Å². The summed E-state index contributed by atoms with van der Waals surface area (Å²) in [5.41, 5.74) is 2.36. The predicted molar refractivity (Wildman–Crippen MR) is 144 cm³/mol. The van der Waals surface area contributed by atoms with Gasteiger partial charge in [0, 0.05) is 47.6 Å². The summed E-state index contributed by atoms with van der Waals surface area (Å²) in [6.45, 7) is 2.63. The number of halogens is 2. The van der Waals surface area contributed by atoms with Gasteiger partial charge in [0.15, 0.2) is 0 Å². The summed E-state index contributed by atoms with van der Waals surface area (Å²) in [7, 11) is -3.64. The van der Waals surface area contributed by atoms with Crippen LogP contribution in [0.1, 0.15) is 28.5 Å². The van der Waals surface area contributed by atoms with Gasteiger partial charge in [-0.25, -0.2) is 8.42 Å². The van der Waals surface area contributed by atoms with E-state index >= 15 is 0 Å². The minimum absolute atomic E-state index is 0.00465. The van der Waals surface area contributed by atoms with Crippen LogP contribution in [0.2, 0.25) is 10.0 Å². The van der Waals surface area contributed by atoms with Crippen LogP contribution in [0.4, 0.5) is 0 Å². The quantitative estimate of drug-likeness (QED) is 0.441. The molecule has 1 amide bonds. The highest BCUT2D eigenvalue weighted by atomic mass is 35.5. The van der Waals surface area contributed by atoms with Crippen molar-refractivity contribution in [2.75, 3.05) is 39.3 Å². The molecule has 2 aromatic carbocycles. The number of carbonyl (C=O) groups is 1. The molecule has 3 heterocycles. The van der Waals surface area contributed by atoms with E-state index in [9.17, 15) is 13.2 Å². The van der Waals surface area contributed by atoms with E-state index in [1.807, 2.05) is 24.3 Å². The van der Waals surface area contributed by atoms with Gasteiger partial charge >= 0.3 is 0 Å². The van der Waals surface area contributed by atoms with Crippen LogP contribution in [0.5, 0.6) is 0 Å². The van der Waals surface area contributed by atoms with Gasteiger partial charge in [0.25, 0.3) is 0 Å². The number of thiophene rings is 1. The smallest absolute Gasteiger partial charge is 0.243 e. The van der Waals surface area contributed by atoms with Gasteiger partial charge < -0.3 is 4.90 Å². The normalized spacial score (nSPS) is 19.6. The fourth-order valence-corrected chi connectivity index (χ4v) is 7.61. The molecule has 0 saturated carbocycles. The number of hydrogen-bond acceptors (Lipinski definition) is 5. The number of hydrogen-bond donors (Lipinski definition) is 0. The number of sulfonamides is 1. The largest absolute Gasteiger partial charge is 0.340 e. The number of amides is 1. The predicted octanol–water partition coefficient (Wildman–Crippen LogP) is 4.93. The molecule has 10 heteroatoms. The molecule has 1 aromatic heterocycles. The number of fused-ring (bicyclic) bond motifs is 1. The van der Waals surface area contributed by atoms with Crippen LogP contribution in [0.15, 0.2) is 64.9 Å². The second-order valence-corrected chi connectivity index (χ2v) is 12.9. The van der Waals surface area contributed by atoms with E-state index < -0.39 is 10.0 Å². The monoisotopic (exact) mass is 563 g/mol. The van der Waals surface area contributed by atoms with Crippen LogP contribution in [-0.2, 0) is 21.2 Å². The highest BCUT2D eigenvalue weighted by Crippen LogP contribution is 2.38. The van der Waals surface area contributed by atoms with Crippen molar-refractivity contribution in [3.8, 4) is 0 Å². The van der Waals surface area contributed by atoms with Crippen LogP contribution in [0.25, 0.3) is 0 Å². The molecular formula is C26H27Cl2N3O3S2. The van der Waals surface area contributed by atoms with Crippen LogP contribution in [-0.4, -0.2) is 67.7 Å². The van der Waals surface area contributed by atoms with Crippen molar-refractivity contribution in [3.05, 3.63) is 86.0 Å². The molecule has 3 aromatic rings. The first-order valence-electron chi connectivity index (χ1n) is 11.9. The van der Waals surface area contributed by atoms with Gasteiger partial charge in [0.05, 0.1) is 17.5 Å². The lowest BCUT2D eigenvalue weighted by Gasteiger charge is -2.37. The Balaban J connectivity index is 1.29. The Hall–Kier alpha value is -1.94. The van der Waals surface area contributed by atoms with Gasteiger partial charge in [-0.1, -0.05) is 35.3 Å². The number of nitrogens with zero attached hydrogens (tertiary/aromatic N) is 3. The first-order valence-corrected chi connectivity index (χ1v) is 15.0. The third-order valence-electron chi connectivity index (χ3n) is 6.85. The van der Waals surface area contributed by atoms with Crippen molar-refractivity contribution in [3.63, 3.8) is 0 Å². The fraction of sp³-hybridized carbons (Fsp3) is 0.346. The number of carbonyl (C=O) groups excluding carboxylic acids is 1. The van der Waals surface area contributed by atoms with Gasteiger partial charge in [-0.2, -0.15) is 4.31 Å². The molecule has 1 saturated heterocycles. The molecule has 0 aliphatic carbocycles. The topological polar surface area (TPSA) is 60.9 Å². The maximum atomic E-state index is 13.4. The molecule has 36 heavy (non-hydrogen) atoms. The van der Waals surface area contributed by atoms with Crippen LogP contribution < -0.4 is 0 Å². The summed E-state index contributed by atoms with van der Waals surface area (Å²) >= 11 is 13.8. The molecule has 1 unspecified atom stereocenters. The zero-order valence-electron chi connectivity index (χ0n) is 19.6. The molecule has 1 atom stereocenters. The van der Waals surface area contributed by atoms with E-state index in [4.69, 9.17) is 23.2 Å². The summed E-state index contributed by atoms with van der Waals surface area (Å²) in [6.07, 6.45) is 1.51. The van der Waals surface area contributed by atoms with Crippen molar-refractivity contribution < 1.29 is 13.2 Å². The molecule has 2 aliphatic heterocycles. The number of rotatable bonds is 5. The third kappa shape index (κ3) is 5.35. The summed E-state index contributed by atoms with van der Waals surface area (Å²) < 4.78 is 27.7. The van der Waals surface area contributed by atoms with Crippen molar-refractivity contribution in [1.29, 1.82) is 0 Å². The van der Waals surface area contributed by atoms with E-state index in [2.05, 4.69) is 16.3 Å². The summed E-state index contributed by atoms with van der Waals surface area (Å²) in [5, 5.41) is 3.29. The van der Waals surface area contributed by atoms with E-state index in [0.717, 1.165) is 18.5 Å². The van der Waals surface area contributed by atoms with Crippen molar-refractivity contribution in [1.82, 2.24) is 14.1 Å². The molecule has 6 nitrogen and oxygen atoms in total. The van der Waals surface area contributed by atoms with E-state index in [-0.39, 0.29) is 29.9 Å². The summed E-state index contributed by atoms with van der Waals surface area (Å²) in [6, 6.07) is 16.2. The van der Waals surface area contributed by atoms with Crippen LogP contribution in [0, 0.1) is 0 Å². The summed E-state index contributed by atoms with van der Waals surface area (Å²) in [5.74, 6) is 0.0263. The average molecular weight is 565 g/mol. The SMILES string of the molecule is O=C(CN1CCc2sccc2C1c1ccc(Cl)cc1)N1CCCN(S(=O)(=O)c2ccc(Cl)cc2)CC1. The Labute approximate surface area is 226 Å². The Morgan fingerprint density at radius 2 is 1.58 bits per heavy atom. The molecule has 0 bridgehead atoms.